The maximum absolute atomic E-state index is 12.5. The molecule has 2 aromatic carbocycles. The van der Waals surface area contributed by atoms with Gasteiger partial charge in [-0.1, -0.05) is 53.0 Å². The Morgan fingerprint density at radius 2 is 1.78 bits per heavy atom. The lowest BCUT2D eigenvalue weighted by Gasteiger charge is -2.11. The van der Waals surface area contributed by atoms with E-state index in [4.69, 9.17) is 39.5 Å². The molecule has 8 heteroatoms. The Labute approximate surface area is 169 Å². The van der Waals surface area contributed by atoms with Gasteiger partial charge in [0.2, 0.25) is 0 Å². The van der Waals surface area contributed by atoms with E-state index < -0.39 is 18.5 Å². The van der Waals surface area contributed by atoms with Gasteiger partial charge in [0, 0.05) is 10.9 Å². The molecule has 0 aliphatic heterocycles. The minimum Gasteiger partial charge on any atom is -0.466 e. The molecule has 0 fully saturated rings. The van der Waals surface area contributed by atoms with Gasteiger partial charge < -0.3 is 9.47 Å². The molecular formula is C19H12Cl3NO4. The summed E-state index contributed by atoms with van der Waals surface area (Å²) in [6.45, 7) is -0.491. The predicted molar refractivity (Wildman–Crippen MR) is 105 cm³/mol. The van der Waals surface area contributed by atoms with E-state index in [9.17, 15) is 9.59 Å². The molecule has 3 rings (SSSR count). The Morgan fingerprint density at radius 3 is 2.52 bits per heavy atom. The Balaban J connectivity index is 2.13. The van der Waals surface area contributed by atoms with E-state index in [1.807, 2.05) is 0 Å². The van der Waals surface area contributed by atoms with Crippen LogP contribution in [0.4, 0.5) is 0 Å². The van der Waals surface area contributed by atoms with Gasteiger partial charge in [0.15, 0.2) is 6.61 Å². The largest absolute Gasteiger partial charge is 0.466 e. The van der Waals surface area contributed by atoms with Crippen molar-refractivity contribution in [3.05, 3.63) is 63.1 Å². The lowest BCUT2D eigenvalue weighted by Crippen LogP contribution is -2.15. The topological polar surface area (TPSA) is 65.5 Å². The van der Waals surface area contributed by atoms with Gasteiger partial charge in [-0.25, -0.2) is 14.6 Å². The Bertz CT molecular complexity index is 1050. The molecule has 5 nitrogen and oxygen atoms in total. The van der Waals surface area contributed by atoms with Crippen LogP contribution in [0.2, 0.25) is 15.1 Å². The van der Waals surface area contributed by atoms with Gasteiger partial charge in [0.25, 0.3) is 0 Å². The van der Waals surface area contributed by atoms with Crippen LogP contribution >= 0.6 is 34.8 Å². The average molecular weight is 425 g/mol. The standard InChI is InChI=1S/C19H12Cl3NO4/c1-26-16(24)9-27-19(25)12-8-15(23-14-5-3-2-4-10(12)14)11-6-7-13(20)18(22)17(11)21/h2-8H,9H2,1H3. The second kappa shape index (κ2) is 8.13. The maximum Gasteiger partial charge on any atom is 0.344 e. The fraction of sp³-hybridized carbons (Fsp3) is 0.105. The number of rotatable bonds is 4. The van der Waals surface area contributed by atoms with E-state index in [0.29, 0.717) is 27.2 Å². The highest BCUT2D eigenvalue weighted by Crippen LogP contribution is 2.38. The monoisotopic (exact) mass is 423 g/mol. The molecule has 3 aromatic rings. The molecule has 1 heterocycles. The summed E-state index contributed by atoms with van der Waals surface area (Å²) in [6, 6.07) is 11.8. The van der Waals surface area contributed by atoms with Gasteiger partial charge in [0.1, 0.15) is 0 Å². The first-order valence-corrected chi connectivity index (χ1v) is 8.83. The zero-order chi connectivity index (χ0) is 19.6. The van der Waals surface area contributed by atoms with Crippen LogP contribution in [-0.2, 0) is 14.3 Å². The van der Waals surface area contributed by atoms with E-state index in [1.54, 1.807) is 36.4 Å². The first-order chi connectivity index (χ1) is 12.9. The van der Waals surface area contributed by atoms with Crippen LogP contribution in [-0.4, -0.2) is 30.6 Å². The highest BCUT2D eigenvalue weighted by Gasteiger charge is 2.19. The highest BCUT2D eigenvalue weighted by molar-refractivity contribution is 6.49. The van der Waals surface area contributed by atoms with Crippen molar-refractivity contribution in [1.82, 2.24) is 4.98 Å². The Hall–Kier alpha value is -2.34. The number of aromatic nitrogens is 1. The van der Waals surface area contributed by atoms with Gasteiger partial charge in [-0.05, 0) is 24.3 Å². The third kappa shape index (κ3) is 4.00. The lowest BCUT2D eigenvalue weighted by atomic mass is 10.0. The third-order valence-electron chi connectivity index (χ3n) is 3.80. The molecule has 0 unspecified atom stereocenters. The summed E-state index contributed by atoms with van der Waals surface area (Å²) in [5, 5.41) is 1.30. The van der Waals surface area contributed by atoms with Crippen LogP contribution in [0.3, 0.4) is 0 Å². The first kappa shape index (κ1) is 19.4. The molecule has 0 bridgehead atoms. The van der Waals surface area contributed by atoms with Gasteiger partial charge in [-0.15, -0.1) is 0 Å². The highest BCUT2D eigenvalue weighted by atomic mass is 35.5. The molecule has 138 valence electrons. The number of esters is 2. The number of fused-ring (bicyclic) bond motifs is 1. The fourth-order valence-electron chi connectivity index (χ4n) is 2.47. The van der Waals surface area contributed by atoms with Crippen molar-refractivity contribution in [2.45, 2.75) is 0 Å². The minimum absolute atomic E-state index is 0.195. The summed E-state index contributed by atoms with van der Waals surface area (Å²) in [7, 11) is 1.21. The summed E-state index contributed by atoms with van der Waals surface area (Å²) < 4.78 is 9.52. The van der Waals surface area contributed by atoms with Crippen LogP contribution in [0.15, 0.2) is 42.5 Å². The van der Waals surface area contributed by atoms with Crippen LogP contribution in [0, 0.1) is 0 Å². The average Bonchev–Trinajstić information content (AvgIpc) is 2.69. The van der Waals surface area contributed by atoms with Crippen LogP contribution in [0.25, 0.3) is 22.2 Å². The van der Waals surface area contributed by atoms with Crippen molar-refractivity contribution in [3.63, 3.8) is 0 Å². The van der Waals surface area contributed by atoms with Crippen molar-refractivity contribution in [2.24, 2.45) is 0 Å². The zero-order valence-corrected chi connectivity index (χ0v) is 16.2. The van der Waals surface area contributed by atoms with Crippen LogP contribution < -0.4 is 0 Å². The number of carbonyl (C=O) groups excluding carboxylic acids is 2. The summed E-state index contributed by atoms with van der Waals surface area (Å²) in [4.78, 5) is 28.3. The summed E-state index contributed by atoms with van der Waals surface area (Å²) in [5.41, 5.74) is 1.73. The number of para-hydroxylation sites is 1. The molecule has 0 N–H and O–H groups in total. The molecule has 0 spiro atoms. The van der Waals surface area contributed by atoms with Crippen molar-refractivity contribution < 1.29 is 19.1 Å². The van der Waals surface area contributed by atoms with E-state index >= 15 is 0 Å². The molecule has 0 amide bonds. The summed E-state index contributed by atoms with van der Waals surface area (Å²) in [6.07, 6.45) is 0. The van der Waals surface area contributed by atoms with Gasteiger partial charge in [0.05, 0.1) is 39.0 Å². The number of ether oxygens (including phenoxy) is 2. The number of halogens is 3. The number of carbonyl (C=O) groups is 2. The Kier molecular flexibility index (Phi) is 5.85. The van der Waals surface area contributed by atoms with E-state index in [0.717, 1.165) is 0 Å². The van der Waals surface area contributed by atoms with Crippen molar-refractivity contribution >= 4 is 57.6 Å². The molecule has 0 saturated heterocycles. The number of hydrogen-bond donors (Lipinski definition) is 0. The molecule has 0 aliphatic carbocycles. The van der Waals surface area contributed by atoms with Crippen molar-refractivity contribution in [1.29, 1.82) is 0 Å². The first-order valence-electron chi connectivity index (χ1n) is 7.70. The molecule has 0 radical (unpaired) electrons. The second-order valence-electron chi connectivity index (χ2n) is 5.45. The minimum atomic E-state index is -0.684. The number of pyridine rings is 1. The van der Waals surface area contributed by atoms with Crippen molar-refractivity contribution in [2.75, 3.05) is 13.7 Å². The van der Waals surface area contributed by atoms with E-state index in [2.05, 4.69) is 9.72 Å². The number of methoxy groups -OCH3 is 1. The lowest BCUT2D eigenvalue weighted by molar-refractivity contribution is -0.144. The number of hydrogen-bond acceptors (Lipinski definition) is 5. The normalized spacial score (nSPS) is 10.7. The maximum atomic E-state index is 12.5. The molecule has 0 atom stereocenters. The summed E-state index contributed by atoms with van der Waals surface area (Å²) >= 11 is 18.4. The summed E-state index contributed by atoms with van der Waals surface area (Å²) in [5.74, 6) is -1.34. The molecule has 1 aromatic heterocycles. The van der Waals surface area contributed by atoms with E-state index in [1.165, 1.54) is 13.2 Å². The van der Waals surface area contributed by atoms with Crippen LogP contribution in [0.1, 0.15) is 10.4 Å². The van der Waals surface area contributed by atoms with E-state index in [-0.39, 0.29) is 15.6 Å². The predicted octanol–water partition coefficient (Wildman–Crippen LogP) is 5.19. The second-order valence-corrected chi connectivity index (χ2v) is 6.61. The molecular weight excluding hydrogens is 413 g/mol. The Morgan fingerprint density at radius 1 is 1.04 bits per heavy atom. The van der Waals surface area contributed by atoms with Crippen LogP contribution in [0.5, 0.6) is 0 Å². The molecule has 0 saturated carbocycles. The quantitative estimate of drug-likeness (QED) is 0.426. The SMILES string of the molecule is COC(=O)COC(=O)c1cc(-c2ccc(Cl)c(Cl)c2Cl)nc2ccccc12. The molecule has 0 aliphatic rings. The smallest absolute Gasteiger partial charge is 0.344 e. The third-order valence-corrected chi connectivity index (χ3v) is 5.09. The fourth-order valence-corrected chi connectivity index (χ4v) is 3.10. The molecule has 27 heavy (non-hydrogen) atoms. The van der Waals surface area contributed by atoms with Gasteiger partial charge in [-0.3, -0.25) is 0 Å². The number of nitrogens with zero attached hydrogens (tertiary/aromatic N) is 1. The van der Waals surface area contributed by atoms with Gasteiger partial charge >= 0.3 is 11.9 Å². The zero-order valence-electron chi connectivity index (χ0n) is 14.0. The van der Waals surface area contributed by atoms with Gasteiger partial charge in [-0.2, -0.15) is 0 Å². The number of benzene rings is 2. The van der Waals surface area contributed by atoms with Crippen molar-refractivity contribution in [3.8, 4) is 11.3 Å².